The largest absolute Gasteiger partial charge is 0.359 e. The standard InChI is InChI=1S/C18H26N4OS/c1-16(2,3)22-15(20-13(21-22)10-14(23)19-6)18(11-17(18,4)5)12-8-7-9-24-12/h7-9H,10-11H2,1-6H3,(H,19,23). The van der Waals surface area contributed by atoms with E-state index in [-0.39, 0.29) is 28.7 Å². The molecule has 1 N–H and O–H groups in total. The summed E-state index contributed by atoms with van der Waals surface area (Å²) in [6, 6.07) is 4.29. The number of carbonyl (C=O) groups is 1. The number of rotatable bonds is 4. The second-order valence-corrected chi connectivity index (χ2v) is 9.18. The number of amides is 1. The molecule has 0 radical (unpaired) electrons. The van der Waals surface area contributed by atoms with Crippen molar-refractivity contribution >= 4 is 17.2 Å². The lowest BCUT2D eigenvalue weighted by atomic mass is 9.92. The molecule has 1 unspecified atom stereocenters. The van der Waals surface area contributed by atoms with E-state index in [1.165, 1.54) is 4.88 Å². The molecule has 1 saturated carbocycles. The Kier molecular flexibility index (Phi) is 3.86. The summed E-state index contributed by atoms with van der Waals surface area (Å²) < 4.78 is 2.03. The van der Waals surface area contributed by atoms with Crippen molar-refractivity contribution < 1.29 is 4.79 Å². The van der Waals surface area contributed by atoms with Crippen LogP contribution in [-0.4, -0.2) is 27.7 Å². The Balaban J connectivity index is 2.14. The molecule has 5 nitrogen and oxygen atoms in total. The lowest BCUT2D eigenvalue weighted by Crippen LogP contribution is -2.31. The van der Waals surface area contributed by atoms with E-state index >= 15 is 0 Å². The van der Waals surface area contributed by atoms with Crippen molar-refractivity contribution in [3.8, 4) is 0 Å². The summed E-state index contributed by atoms with van der Waals surface area (Å²) in [6.07, 6.45) is 1.27. The first-order valence-corrected chi connectivity index (χ1v) is 9.21. The maximum atomic E-state index is 11.8. The monoisotopic (exact) mass is 346 g/mol. The van der Waals surface area contributed by atoms with E-state index < -0.39 is 0 Å². The molecule has 0 aliphatic heterocycles. The van der Waals surface area contributed by atoms with Crippen molar-refractivity contribution in [2.45, 2.75) is 58.4 Å². The molecule has 1 aliphatic rings. The third-order valence-corrected chi connectivity index (χ3v) is 5.98. The summed E-state index contributed by atoms with van der Waals surface area (Å²) in [5.41, 5.74) is -0.160. The molecule has 3 rings (SSSR count). The van der Waals surface area contributed by atoms with E-state index in [2.05, 4.69) is 57.4 Å². The predicted octanol–water partition coefficient (Wildman–Crippen LogP) is 3.10. The van der Waals surface area contributed by atoms with Gasteiger partial charge in [-0.05, 0) is 44.1 Å². The van der Waals surface area contributed by atoms with Crippen LogP contribution in [0.4, 0.5) is 0 Å². The van der Waals surface area contributed by atoms with Crippen LogP contribution in [0.15, 0.2) is 17.5 Å². The molecule has 0 spiro atoms. The van der Waals surface area contributed by atoms with Gasteiger partial charge in [-0.15, -0.1) is 11.3 Å². The Bertz CT molecular complexity index is 755. The fourth-order valence-electron chi connectivity index (χ4n) is 3.46. The van der Waals surface area contributed by atoms with E-state index in [9.17, 15) is 4.79 Å². The zero-order valence-corrected chi connectivity index (χ0v) is 16.1. The van der Waals surface area contributed by atoms with Gasteiger partial charge < -0.3 is 5.32 Å². The molecule has 6 heteroatoms. The van der Waals surface area contributed by atoms with Crippen LogP contribution in [-0.2, 0) is 22.2 Å². The fraction of sp³-hybridized carbons (Fsp3) is 0.611. The highest BCUT2D eigenvalue weighted by Crippen LogP contribution is 2.68. The Labute approximate surface area is 147 Å². The van der Waals surface area contributed by atoms with Gasteiger partial charge >= 0.3 is 0 Å². The summed E-state index contributed by atoms with van der Waals surface area (Å²) in [5.74, 6) is 1.52. The molecule has 1 atom stereocenters. The van der Waals surface area contributed by atoms with Crippen molar-refractivity contribution in [1.29, 1.82) is 0 Å². The zero-order valence-electron chi connectivity index (χ0n) is 15.3. The predicted molar refractivity (Wildman–Crippen MR) is 96.3 cm³/mol. The topological polar surface area (TPSA) is 59.8 Å². The first-order valence-electron chi connectivity index (χ1n) is 8.33. The lowest BCUT2D eigenvalue weighted by molar-refractivity contribution is -0.120. The smallest absolute Gasteiger partial charge is 0.227 e. The molecule has 0 bridgehead atoms. The minimum atomic E-state index is -0.188. The summed E-state index contributed by atoms with van der Waals surface area (Å²) >= 11 is 1.78. The highest BCUT2D eigenvalue weighted by atomic mass is 32.1. The second-order valence-electron chi connectivity index (χ2n) is 8.23. The van der Waals surface area contributed by atoms with Crippen LogP contribution in [0.5, 0.6) is 0 Å². The van der Waals surface area contributed by atoms with E-state index in [1.54, 1.807) is 18.4 Å². The molecule has 24 heavy (non-hydrogen) atoms. The molecular weight excluding hydrogens is 320 g/mol. The summed E-state index contributed by atoms with van der Waals surface area (Å²) in [5, 5.41) is 9.47. The number of hydrogen-bond donors (Lipinski definition) is 1. The number of carbonyl (C=O) groups excluding carboxylic acids is 1. The molecular formula is C18H26N4OS. The van der Waals surface area contributed by atoms with Gasteiger partial charge in [0.2, 0.25) is 5.91 Å². The lowest BCUT2D eigenvalue weighted by Gasteiger charge is -2.26. The van der Waals surface area contributed by atoms with Gasteiger partial charge in [-0.1, -0.05) is 19.9 Å². The summed E-state index contributed by atoms with van der Waals surface area (Å²) in [6.45, 7) is 11.0. The van der Waals surface area contributed by atoms with Crippen molar-refractivity contribution in [2.75, 3.05) is 7.05 Å². The molecule has 0 aromatic carbocycles. The second kappa shape index (κ2) is 5.41. The Morgan fingerprint density at radius 3 is 2.54 bits per heavy atom. The molecule has 1 aliphatic carbocycles. The molecule has 2 aromatic rings. The average molecular weight is 347 g/mol. The average Bonchev–Trinajstić information content (AvgIpc) is 2.95. The van der Waals surface area contributed by atoms with Gasteiger partial charge in [-0.3, -0.25) is 4.79 Å². The van der Waals surface area contributed by atoms with Gasteiger partial charge in [-0.2, -0.15) is 5.10 Å². The van der Waals surface area contributed by atoms with Crippen LogP contribution >= 0.6 is 11.3 Å². The molecule has 1 fully saturated rings. The van der Waals surface area contributed by atoms with E-state index in [1.807, 2.05) is 4.68 Å². The molecule has 1 amide bonds. The Hall–Kier alpha value is -1.69. The van der Waals surface area contributed by atoms with Gasteiger partial charge in [0.05, 0.1) is 17.4 Å². The zero-order chi connectivity index (χ0) is 17.8. The highest BCUT2D eigenvalue weighted by Gasteiger charge is 2.66. The first-order chi connectivity index (χ1) is 11.1. The van der Waals surface area contributed by atoms with Crippen LogP contribution in [0.25, 0.3) is 0 Å². The number of thiophene rings is 1. The van der Waals surface area contributed by atoms with Gasteiger partial charge in [0.15, 0.2) is 5.82 Å². The van der Waals surface area contributed by atoms with Crippen molar-refractivity contribution in [3.05, 3.63) is 34.0 Å². The normalized spacial score (nSPS) is 22.4. The Morgan fingerprint density at radius 1 is 1.42 bits per heavy atom. The molecule has 130 valence electrons. The van der Waals surface area contributed by atoms with Crippen molar-refractivity contribution in [1.82, 2.24) is 20.1 Å². The first kappa shape index (κ1) is 17.1. The van der Waals surface area contributed by atoms with Crippen molar-refractivity contribution in [3.63, 3.8) is 0 Å². The maximum Gasteiger partial charge on any atom is 0.227 e. The van der Waals surface area contributed by atoms with E-state index in [0.29, 0.717) is 5.82 Å². The molecule has 2 heterocycles. The number of likely N-dealkylation sites (N-methyl/N-ethyl adjacent to an activating group) is 1. The summed E-state index contributed by atoms with van der Waals surface area (Å²) in [4.78, 5) is 18.0. The Morgan fingerprint density at radius 2 is 2.08 bits per heavy atom. The maximum absolute atomic E-state index is 11.8. The SMILES string of the molecule is CNC(=O)Cc1nc(C2(c3cccs3)CC2(C)C)n(C(C)(C)C)n1. The van der Waals surface area contributed by atoms with Crippen LogP contribution in [0.1, 0.15) is 57.6 Å². The molecule has 2 aromatic heterocycles. The quantitative estimate of drug-likeness (QED) is 0.925. The van der Waals surface area contributed by atoms with Crippen LogP contribution in [0, 0.1) is 5.41 Å². The van der Waals surface area contributed by atoms with Crippen LogP contribution in [0.3, 0.4) is 0 Å². The van der Waals surface area contributed by atoms with E-state index in [0.717, 1.165) is 12.2 Å². The number of aromatic nitrogens is 3. The number of hydrogen-bond acceptors (Lipinski definition) is 4. The third-order valence-electron chi connectivity index (χ3n) is 4.94. The fourth-order valence-corrected chi connectivity index (χ4v) is 4.56. The van der Waals surface area contributed by atoms with Crippen LogP contribution in [0.2, 0.25) is 0 Å². The number of nitrogens with one attached hydrogen (secondary N) is 1. The minimum Gasteiger partial charge on any atom is -0.359 e. The van der Waals surface area contributed by atoms with Gasteiger partial charge in [0, 0.05) is 11.9 Å². The molecule has 0 saturated heterocycles. The summed E-state index contributed by atoms with van der Waals surface area (Å²) in [7, 11) is 1.64. The highest BCUT2D eigenvalue weighted by molar-refractivity contribution is 7.10. The minimum absolute atomic E-state index is 0.0622. The third kappa shape index (κ3) is 2.57. The van der Waals surface area contributed by atoms with Gasteiger partial charge in [0.1, 0.15) is 5.82 Å². The van der Waals surface area contributed by atoms with Gasteiger partial charge in [0.25, 0.3) is 0 Å². The number of nitrogens with zero attached hydrogens (tertiary/aromatic N) is 3. The van der Waals surface area contributed by atoms with Gasteiger partial charge in [-0.25, -0.2) is 9.67 Å². The van der Waals surface area contributed by atoms with Crippen molar-refractivity contribution in [2.24, 2.45) is 5.41 Å². The van der Waals surface area contributed by atoms with Crippen LogP contribution < -0.4 is 5.32 Å². The van der Waals surface area contributed by atoms with E-state index in [4.69, 9.17) is 10.1 Å².